The van der Waals surface area contributed by atoms with Crippen molar-refractivity contribution in [2.24, 2.45) is 0 Å². The fraction of sp³-hybridized carbons (Fsp3) is 0.158. The molecule has 0 unspecified atom stereocenters. The summed E-state index contributed by atoms with van der Waals surface area (Å²) >= 11 is 1.31. The van der Waals surface area contributed by atoms with Crippen molar-refractivity contribution in [3.8, 4) is 22.6 Å². The first-order valence-corrected chi connectivity index (χ1v) is 8.37. The van der Waals surface area contributed by atoms with E-state index in [9.17, 15) is 9.59 Å². The van der Waals surface area contributed by atoms with Crippen LogP contribution in [0.2, 0.25) is 0 Å². The average Bonchev–Trinajstić information content (AvgIpc) is 3.04. The van der Waals surface area contributed by atoms with Gasteiger partial charge < -0.3 is 14.2 Å². The van der Waals surface area contributed by atoms with Crippen LogP contribution in [0.15, 0.2) is 30.3 Å². The van der Waals surface area contributed by atoms with Gasteiger partial charge in [0, 0.05) is 15.6 Å². The largest absolute Gasteiger partial charge is 0.496 e. The van der Waals surface area contributed by atoms with Crippen LogP contribution in [0.5, 0.6) is 11.5 Å². The molecule has 0 aliphatic heterocycles. The van der Waals surface area contributed by atoms with Crippen molar-refractivity contribution in [1.82, 2.24) is 0 Å². The summed E-state index contributed by atoms with van der Waals surface area (Å²) in [6.45, 7) is 0. The maximum atomic E-state index is 13.2. The lowest BCUT2D eigenvalue weighted by molar-refractivity contribution is 0.0607. The summed E-state index contributed by atoms with van der Waals surface area (Å²) in [5.41, 5.74) is 2.27. The lowest BCUT2D eigenvalue weighted by Crippen LogP contribution is -2.13. The Morgan fingerprint density at radius 1 is 0.920 bits per heavy atom. The SMILES string of the molecule is COC(=O)c1sc2ccc(OC)c3c2c1-c1cccc(OC)c1C3=O. The molecular weight excluding hydrogens is 340 g/mol. The summed E-state index contributed by atoms with van der Waals surface area (Å²) in [6, 6.07) is 8.97. The highest BCUT2D eigenvalue weighted by molar-refractivity contribution is 7.21. The summed E-state index contributed by atoms with van der Waals surface area (Å²) < 4.78 is 16.6. The molecule has 4 rings (SSSR count). The van der Waals surface area contributed by atoms with Crippen molar-refractivity contribution in [1.29, 1.82) is 0 Å². The molecular formula is C19H14O5S. The molecule has 0 bridgehead atoms. The summed E-state index contributed by atoms with van der Waals surface area (Å²) in [6.07, 6.45) is 0. The summed E-state index contributed by atoms with van der Waals surface area (Å²) in [7, 11) is 4.39. The molecule has 0 fully saturated rings. The lowest BCUT2D eigenvalue weighted by Gasteiger charge is -2.20. The van der Waals surface area contributed by atoms with Gasteiger partial charge in [-0.3, -0.25) is 4.79 Å². The van der Waals surface area contributed by atoms with Crippen molar-refractivity contribution < 1.29 is 23.8 Å². The van der Waals surface area contributed by atoms with E-state index >= 15 is 0 Å². The molecule has 0 saturated heterocycles. The van der Waals surface area contributed by atoms with Crippen molar-refractivity contribution in [2.75, 3.05) is 21.3 Å². The molecule has 25 heavy (non-hydrogen) atoms. The molecule has 0 N–H and O–H groups in total. The third kappa shape index (κ3) is 2.01. The number of ether oxygens (including phenoxy) is 3. The Bertz CT molecular complexity index is 1050. The normalized spacial score (nSPS) is 12.0. The van der Waals surface area contributed by atoms with Gasteiger partial charge in [0.1, 0.15) is 16.4 Å². The van der Waals surface area contributed by atoms with Gasteiger partial charge in [0.05, 0.1) is 32.5 Å². The minimum absolute atomic E-state index is 0.170. The van der Waals surface area contributed by atoms with Crippen LogP contribution in [-0.2, 0) is 4.74 Å². The van der Waals surface area contributed by atoms with E-state index in [1.165, 1.54) is 32.7 Å². The van der Waals surface area contributed by atoms with E-state index in [0.29, 0.717) is 38.6 Å². The van der Waals surface area contributed by atoms with Gasteiger partial charge in [0.2, 0.25) is 5.78 Å². The molecule has 1 aliphatic rings. The van der Waals surface area contributed by atoms with Gasteiger partial charge in [0.25, 0.3) is 0 Å². The van der Waals surface area contributed by atoms with Gasteiger partial charge in [-0.15, -0.1) is 11.3 Å². The third-order valence-electron chi connectivity index (χ3n) is 4.38. The topological polar surface area (TPSA) is 61.8 Å². The molecule has 2 aromatic carbocycles. The van der Waals surface area contributed by atoms with E-state index in [0.717, 1.165) is 10.1 Å². The molecule has 0 amide bonds. The van der Waals surface area contributed by atoms with Crippen molar-refractivity contribution in [2.45, 2.75) is 0 Å². The zero-order valence-corrected chi connectivity index (χ0v) is 14.7. The Hall–Kier alpha value is -2.86. The Labute approximate surface area is 147 Å². The number of hydrogen-bond donors (Lipinski definition) is 0. The molecule has 0 saturated carbocycles. The van der Waals surface area contributed by atoms with Crippen LogP contribution in [-0.4, -0.2) is 33.1 Å². The fourth-order valence-electron chi connectivity index (χ4n) is 3.33. The monoisotopic (exact) mass is 354 g/mol. The van der Waals surface area contributed by atoms with E-state index in [4.69, 9.17) is 14.2 Å². The van der Waals surface area contributed by atoms with E-state index in [1.807, 2.05) is 12.1 Å². The predicted octanol–water partition coefficient (Wildman–Crippen LogP) is 3.92. The van der Waals surface area contributed by atoms with Crippen LogP contribution in [0.1, 0.15) is 25.6 Å². The molecule has 0 radical (unpaired) electrons. The number of esters is 1. The predicted molar refractivity (Wildman–Crippen MR) is 95.1 cm³/mol. The smallest absolute Gasteiger partial charge is 0.348 e. The van der Waals surface area contributed by atoms with Gasteiger partial charge in [0.15, 0.2) is 0 Å². The first kappa shape index (κ1) is 15.7. The minimum Gasteiger partial charge on any atom is -0.496 e. The van der Waals surface area contributed by atoms with Crippen molar-refractivity contribution in [3.05, 3.63) is 46.3 Å². The highest BCUT2D eigenvalue weighted by atomic mass is 32.1. The van der Waals surface area contributed by atoms with Crippen molar-refractivity contribution in [3.63, 3.8) is 0 Å². The van der Waals surface area contributed by atoms with Crippen LogP contribution >= 0.6 is 11.3 Å². The molecule has 6 heteroatoms. The van der Waals surface area contributed by atoms with Gasteiger partial charge in [-0.1, -0.05) is 12.1 Å². The quantitative estimate of drug-likeness (QED) is 0.522. The second-order valence-corrected chi connectivity index (χ2v) is 6.58. The molecule has 3 aromatic rings. The highest BCUT2D eigenvalue weighted by Gasteiger charge is 2.35. The Morgan fingerprint density at radius 2 is 1.64 bits per heavy atom. The molecule has 126 valence electrons. The van der Waals surface area contributed by atoms with Gasteiger partial charge in [-0.05, 0) is 23.8 Å². The first-order chi connectivity index (χ1) is 12.1. The first-order valence-electron chi connectivity index (χ1n) is 7.56. The fourth-order valence-corrected chi connectivity index (χ4v) is 4.47. The number of thiophene rings is 1. The summed E-state index contributed by atoms with van der Waals surface area (Å²) in [5, 5.41) is 0.732. The summed E-state index contributed by atoms with van der Waals surface area (Å²) in [4.78, 5) is 26.0. The number of benzene rings is 2. The molecule has 1 aromatic heterocycles. The lowest BCUT2D eigenvalue weighted by atomic mass is 9.83. The standard InChI is InChI=1S/C19H14O5S/c1-22-10-6-4-5-9-13(10)17(20)15-11(23-2)7-8-12-16(15)14(9)18(25-12)19(21)24-3/h4-8H,1-3H3. The number of carbonyl (C=O) groups excluding carboxylic acids is 2. The van der Waals surface area contributed by atoms with Crippen LogP contribution < -0.4 is 9.47 Å². The van der Waals surface area contributed by atoms with E-state index in [2.05, 4.69) is 0 Å². The number of ketones is 1. The van der Waals surface area contributed by atoms with Gasteiger partial charge in [-0.2, -0.15) is 0 Å². The Balaban J connectivity index is 2.22. The van der Waals surface area contributed by atoms with Gasteiger partial charge in [-0.25, -0.2) is 4.79 Å². The van der Waals surface area contributed by atoms with Crippen LogP contribution in [0.3, 0.4) is 0 Å². The maximum absolute atomic E-state index is 13.2. The molecule has 5 nitrogen and oxygen atoms in total. The van der Waals surface area contributed by atoms with Crippen LogP contribution in [0.25, 0.3) is 21.2 Å². The number of fused-ring (bicyclic) bond motifs is 2. The maximum Gasteiger partial charge on any atom is 0.348 e. The highest BCUT2D eigenvalue weighted by Crippen LogP contribution is 2.50. The second kappa shape index (κ2) is 5.60. The zero-order valence-electron chi connectivity index (χ0n) is 13.8. The van der Waals surface area contributed by atoms with Crippen LogP contribution in [0, 0.1) is 0 Å². The second-order valence-electron chi connectivity index (χ2n) is 5.53. The van der Waals surface area contributed by atoms with Crippen LogP contribution in [0.4, 0.5) is 0 Å². The molecule has 0 atom stereocenters. The van der Waals surface area contributed by atoms with E-state index < -0.39 is 5.97 Å². The Kier molecular flexibility index (Phi) is 3.51. The average molecular weight is 354 g/mol. The number of methoxy groups -OCH3 is 3. The Morgan fingerprint density at radius 3 is 2.32 bits per heavy atom. The van der Waals surface area contributed by atoms with Crippen molar-refractivity contribution >= 4 is 33.2 Å². The zero-order chi connectivity index (χ0) is 17.7. The third-order valence-corrected chi connectivity index (χ3v) is 5.51. The number of rotatable bonds is 3. The van der Waals surface area contributed by atoms with E-state index in [1.54, 1.807) is 18.2 Å². The van der Waals surface area contributed by atoms with Gasteiger partial charge >= 0.3 is 5.97 Å². The van der Waals surface area contributed by atoms with E-state index in [-0.39, 0.29) is 5.78 Å². The molecule has 1 aliphatic carbocycles. The molecule has 1 heterocycles. The number of hydrogen-bond acceptors (Lipinski definition) is 6. The molecule has 0 spiro atoms. The summed E-state index contributed by atoms with van der Waals surface area (Å²) in [5.74, 6) is 0.347. The minimum atomic E-state index is -0.427. The number of carbonyl (C=O) groups is 2.